The van der Waals surface area contributed by atoms with Crippen molar-refractivity contribution in [3.63, 3.8) is 0 Å². The van der Waals surface area contributed by atoms with E-state index in [1.165, 1.54) is 16.8 Å². The average Bonchev–Trinajstić information content (AvgIpc) is 2.97. The first-order valence-corrected chi connectivity index (χ1v) is 10.9. The molecule has 1 fully saturated rings. The summed E-state index contributed by atoms with van der Waals surface area (Å²) in [4.78, 5) is 4.40. The number of rotatable bonds is 3. The molecule has 0 bridgehead atoms. The van der Waals surface area contributed by atoms with Gasteiger partial charge in [-0.15, -0.1) is 11.8 Å². The third-order valence-electron chi connectivity index (χ3n) is 4.17. The molecule has 2 aromatic rings. The van der Waals surface area contributed by atoms with Crippen LogP contribution >= 0.6 is 58.3 Å². The molecule has 2 heterocycles. The van der Waals surface area contributed by atoms with Gasteiger partial charge in [-0.3, -0.25) is 0 Å². The number of hydrogen-bond donors (Lipinski definition) is 4. The summed E-state index contributed by atoms with van der Waals surface area (Å²) >= 11 is 20.6. The van der Waals surface area contributed by atoms with Crippen LogP contribution in [0.3, 0.4) is 0 Å². The Kier molecular flexibility index (Phi) is 6.28. The Hall–Kier alpha value is -0.230. The molecule has 0 saturated carbocycles. The molecule has 7 nitrogen and oxygen atoms in total. The zero-order valence-corrected chi connectivity index (χ0v) is 17.9. The summed E-state index contributed by atoms with van der Waals surface area (Å²) in [6.07, 6.45) is -2.86. The minimum absolute atomic E-state index is 0.209. The van der Waals surface area contributed by atoms with Gasteiger partial charge in [-0.1, -0.05) is 46.6 Å². The van der Waals surface area contributed by atoms with Crippen LogP contribution in [0.4, 0.5) is 0 Å². The van der Waals surface area contributed by atoms with Gasteiger partial charge in [0.05, 0.1) is 10.0 Å². The maximum absolute atomic E-state index is 10.8. The smallest absolute Gasteiger partial charge is 0.161 e. The predicted molar refractivity (Wildman–Crippen MR) is 108 cm³/mol. The van der Waals surface area contributed by atoms with Crippen molar-refractivity contribution in [1.82, 2.24) is 14.8 Å². The molecular weight excluding hydrogens is 457 g/mol. The highest BCUT2D eigenvalue weighted by Gasteiger charge is 2.56. The van der Waals surface area contributed by atoms with Crippen LogP contribution in [0.25, 0.3) is 5.69 Å². The summed E-state index contributed by atoms with van der Waals surface area (Å²) in [6, 6.07) is 2.99. The van der Waals surface area contributed by atoms with E-state index in [2.05, 4.69) is 10.1 Å². The molecule has 0 aliphatic carbocycles. The molecule has 1 saturated heterocycles. The van der Waals surface area contributed by atoms with E-state index in [0.717, 1.165) is 23.5 Å². The van der Waals surface area contributed by atoms with Crippen LogP contribution < -0.4 is 0 Å². The van der Waals surface area contributed by atoms with E-state index in [0.29, 0.717) is 16.5 Å². The van der Waals surface area contributed by atoms with Crippen LogP contribution in [0.5, 0.6) is 0 Å². The Morgan fingerprint density at radius 2 is 1.70 bits per heavy atom. The van der Waals surface area contributed by atoms with Gasteiger partial charge in [-0.25, -0.2) is 9.67 Å². The number of benzene rings is 1. The number of aliphatic hydroxyl groups is 4. The molecule has 1 aliphatic rings. The standard InChI is InChI=1S/C15H16Cl3N3O4S2/c1-5-19-14(15(26-2)12(24)10(22)11(23)13(25)27-15)21(20-5)9-7(17)3-6(16)4-8(9)18/h3-4,10-13,22-25H,1-2H3/t10-,11+,12+,13+,15-/m1/s1. The molecule has 3 rings (SSSR count). The first kappa shape index (κ1) is 21.5. The van der Waals surface area contributed by atoms with Crippen molar-refractivity contribution in [2.45, 2.75) is 34.8 Å². The van der Waals surface area contributed by atoms with E-state index in [9.17, 15) is 20.4 Å². The molecule has 0 spiro atoms. The fraction of sp³-hybridized carbons (Fsp3) is 0.467. The Morgan fingerprint density at radius 3 is 2.26 bits per heavy atom. The summed E-state index contributed by atoms with van der Waals surface area (Å²) < 4.78 is 0.0196. The fourth-order valence-corrected chi connectivity index (χ4v) is 6.41. The Labute approximate surface area is 178 Å². The van der Waals surface area contributed by atoms with Crippen molar-refractivity contribution in [2.75, 3.05) is 6.26 Å². The highest BCUT2D eigenvalue weighted by molar-refractivity contribution is 8.17. The van der Waals surface area contributed by atoms with Gasteiger partial charge in [-0.05, 0) is 25.3 Å². The van der Waals surface area contributed by atoms with E-state index in [1.807, 2.05) is 0 Å². The van der Waals surface area contributed by atoms with E-state index in [4.69, 9.17) is 34.8 Å². The second kappa shape index (κ2) is 7.89. The minimum Gasteiger partial charge on any atom is -0.387 e. The second-order valence-electron chi connectivity index (χ2n) is 5.92. The molecule has 148 valence electrons. The first-order chi connectivity index (χ1) is 12.6. The molecule has 4 N–H and O–H groups in total. The molecule has 1 aromatic carbocycles. The van der Waals surface area contributed by atoms with E-state index in [-0.39, 0.29) is 15.9 Å². The molecular formula is C15H16Cl3N3O4S2. The Balaban J connectivity index is 2.24. The van der Waals surface area contributed by atoms with E-state index in [1.54, 1.807) is 13.2 Å². The van der Waals surface area contributed by atoms with Crippen molar-refractivity contribution in [3.8, 4) is 5.69 Å². The third kappa shape index (κ3) is 3.58. The lowest BCUT2D eigenvalue weighted by Crippen LogP contribution is -2.57. The van der Waals surface area contributed by atoms with Crippen LogP contribution in [0.15, 0.2) is 12.1 Å². The van der Waals surface area contributed by atoms with Gasteiger partial charge in [0.1, 0.15) is 35.3 Å². The van der Waals surface area contributed by atoms with E-state index < -0.39 is 27.8 Å². The lowest BCUT2D eigenvalue weighted by atomic mass is 10.0. The summed E-state index contributed by atoms with van der Waals surface area (Å²) in [5.41, 5.74) is -1.05. The SMILES string of the molecule is CS[C@@]1(c2nc(C)nn2-c2c(Cl)cc(Cl)cc2Cl)S[C@H](O)[C@@H](O)[C@@H](O)[C@@H]1O. The molecule has 27 heavy (non-hydrogen) atoms. The number of halogens is 3. The van der Waals surface area contributed by atoms with Crippen LogP contribution in [0, 0.1) is 6.92 Å². The largest absolute Gasteiger partial charge is 0.387 e. The zero-order valence-electron chi connectivity index (χ0n) is 14.0. The van der Waals surface area contributed by atoms with Crippen molar-refractivity contribution in [1.29, 1.82) is 0 Å². The van der Waals surface area contributed by atoms with Crippen LogP contribution in [0.2, 0.25) is 15.1 Å². The second-order valence-corrected chi connectivity index (χ2v) is 9.84. The molecule has 0 radical (unpaired) electrons. The quantitative estimate of drug-likeness (QED) is 0.538. The normalized spacial score (nSPS) is 31.3. The Morgan fingerprint density at radius 1 is 1.11 bits per heavy atom. The Bertz CT molecular complexity index is 848. The summed E-state index contributed by atoms with van der Waals surface area (Å²) in [5, 5.41) is 46.2. The van der Waals surface area contributed by atoms with Gasteiger partial charge in [-0.2, -0.15) is 5.10 Å². The molecule has 5 atom stereocenters. The summed E-state index contributed by atoms with van der Waals surface area (Å²) in [7, 11) is 0. The van der Waals surface area contributed by atoms with Gasteiger partial charge in [0.15, 0.2) is 9.90 Å². The van der Waals surface area contributed by atoms with Crippen molar-refractivity contribution in [2.24, 2.45) is 0 Å². The lowest BCUT2D eigenvalue weighted by molar-refractivity contribution is -0.0972. The first-order valence-electron chi connectivity index (χ1n) is 7.66. The number of nitrogens with zero attached hydrogens (tertiary/aromatic N) is 3. The van der Waals surface area contributed by atoms with Crippen molar-refractivity contribution in [3.05, 3.63) is 38.8 Å². The number of aromatic nitrogens is 3. The maximum Gasteiger partial charge on any atom is 0.161 e. The number of aryl methyl sites for hydroxylation is 1. The fourth-order valence-electron chi connectivity index (χ4n) is 2.88. The molecule has 0 unspecified atom stereocenters. The number of hydrogen-bond acceptors (Lipinski definition) is 8. The highest BCUT2D eigenvalue weighted by atomic mass is 35.5. The van der Waals surface area contributed by atoms with Gasteiger partial charge in [0.25, 0.3) is 0 Å². The monoisotopic (exact) mass is 471 g/mol. The molecule has 1 aromatic heterocycles. The maximum atomic E-state index is 10.8. The average molecular weight is 473 g/mol. The van der Waals surface area contributed by atoms with Gasteiger partial charge >= 0.3 is 0 Å². The number of thioether (sulfide) groups is 2. The number of aliphatic hydroxyl groups excluding tert-OH is 4. The highest BCUT2D eigenvalue weighted by Crippen LogP contribution is 2.54. The predicted octanol–water partition coefficient (Wildman–Crippen LogP) is 2.20. The van der Waals surface area contributed by atoms with Gasteiger partial charge < -0.3 is 20.4 Å². The lowest BCUT2D eigenvalue weighted by Gasteiger charge is -2.45. The van der Waals surface area contributed by atoms with Crippen LogP contribution in [-0.4, -0.2) is 65.2 Å². The molecule has 0 amide bonds. The van der Waals surface area contributed by atoms with Crippen molar-refractivity contribution >= 4 is 58.3 Å². The topological polar surface area (TPSA) is 112 Å². The zero-order chi connectivity index (χ0) is 20.1. The van der Waals surface area contributed by atoms with Gasteiger partial charge in [0.2, 0.25) is 0 Å². The van der Waals surface area contributed by atoms with E-state index >= 15 is 0 Å². The summed E-state index contributed by atoms with van der Waals surface area (Å²) in [6.45, 7) is 1.65. The van der Waals surface area contributed by atoms with Crippen LogP contribution in [-0.2, 0) is 4.08 Å². The molecule has 1 aliphatic heterocycles. The minimum atomic E-state index is -1.59. The molecule has 12 heteroatoms. The van der Waals surface area contributed by atoms with Crippen LogP contribution in [0.1, 0.15) is 11.6 Å². The summed E-state index contributed by atoms with van der Waals surface area (Å²) in [5.74, 6) is 0.574. The van der Waals surface area contributed by atoms with Crippen molar-refractivity contribution < 1.29 is 20.4 Å². The third-order valence-corrected chi connectivity index (χ3v) is 8.08. The van der Waals surface area contributed by atoms with Gasteiger partial charge in [0, 0.05) is 5.02 Å².